The van der Waals surface area contributed by atoms with E-state index in [-0.39, 0.29) is 12.3 Å². The molecule has 0 amide bonds. The molecule has 0 spiro atoms. The highest BCUT2D eigenvalue weighted by Gasteiger charge is 2.18. The monoisotopic (exact) mass is 338 g/mol. The smallest absolute Gasteiger partial charge is 0.325 e. The van der Waals surface area contributed by atoms with E-state index < -0.39 is 7.60 Å². The van der Waals surface area contributed by atoms with Crippen LogP contribution in [0.15, 0.2) is 0 Å². The van der Waals surface area contributed by atoms with Crippen molar-refractivity contribution in [3.8, 4) is 0 Å². The molecule has 0 aromatic rings. The lowest BCUT2D eigenvalue weighted by atomic mass is 10.2. The maximum absolute atomic E-state index is 11.0. The van der Waals surface area contributed by atoms with Gasteiger partial charge in [0.15, 0.2) is 0 Å². The topological polar surface area (TPSA) is 76.0 Å². The van der Waals surface area contributed by atoms with Crippen molar-refractivity contribution in [1.82, 2.24) is 0 Å². The highest BCUT2D eigenvalue weighted by Crippen LogP contribution is 2.35. The summed E-state index contributed by atoms with van der Waals surface area (Å²) in [6, 6.07) is 0. The molecule has 0 heterocycles. The lowest BCUT2D eigenvalue weighted by molar-refractivity contribution is -0.0200. The minimum absolute atomic E-state index is 0.133. The molecule has 0 radical (unpaired) electrons. The molecular weight excluding hydrogens is 303 g/mol. The van der Waals surface area contributed by atoms with Crippen LogP contribution in [0.2, 0.25) is 0 Å². The normalized spacial score (nSPS) is 13.5. The molecule has 0 aliphatic rings. The van der Waals surface area contributed by atoms with Crippen LogP contribution in [0.1, 0.15) is 71.6 Å². The molecule has 0 fully saturated rings. The van der Waals surface area contributed by atoms with Gasteiger partial charge in [-0.05, 0) is 19.3 Å². The number of hydrogen-bond donors (Lipinski definition) is 2. The maximum atomic E-state index is 11.0. The SMILES string of the molecule is CCCCCCOC[C@@H](CCP(=O)(O)O)OCCCCCC. The van der Waals surface area contributed by atoms with Crippen molar-refractivity contribution in [1.29, 1.82) is 0 Å². The molecule has 2 N–H and O–H groups in total. The summed E-state index contributed by atoms with van der Waals surface area (Å²) >= 11 is 0. The van der Waals surface area contributed by atoms with E-state index in [0.717, 1.165) is 19.3 Å². The first-order valence-electron chi connectivity index (χ1n) is 8.73. The number of rotatable bonds is 16. The zero-order valence-corrected chi connectivity index (χ0v) is 15.2. The van der Waals surface area contributed by atoms with Crippen LogP contribution in [0.4, 0.5) is 0 Å². The van der Waals surface area contributed by atoms with Gasteiger partial charge in [0.1, 0.15) is 0 Å². The first-order valence-corrected chi connectivity index (χ1v) is 10.5. The third-order valence-corrected chi connectivity index (χ3v) is 4.38. The van der Waals surface area contributed by atoms with Crippen LogP contribution in [-0.4, -0.2) is 41.9 Å². The van der Waals surface area contributed by atoms with Gasteiger partial charge in [0.25, 0.3) is 0 Å². The van der Waals surface area contributed by atoms with Gasteiger partial charge in [-0.3, -0.25) is 4.57 Å². The summed E-state index contributed by atoms with van der Waals surface area (Å²) in [5.74, 6) is 0. The lowest BCUT2D eigenvalue weighted by Crippen LogP contribution is -2.22. The van der Waals surface area contributed by atoms with Crippen LogP contribution >= 0.6 is 7.60 Å². The van der Waals surface area contributed by atoms with E-state index in [4.69, 9.17) is 19.3 Å². The highest BCUT2D eigenvalue weighted by atomic mass is 31.2. The molecule has 0 saturated heterocycles. The predicted octanol–water partition coefficient (Wildman–Crippen LogP) is 4.12. The Labute approximate surface area is 135 Å². The second kappa shape index (κ2) is 14.6. The molecule has 0 bridgehead atoms. The van der Waals surface area contributed by atoms with Crippen LogP contribution in [-0.2, 0) is 14.0 Å². The molecule has 6 heteroatoms. The zero-order chi connectivity index (χ0) is 16.7. The van der Waals surface area contributed by atoms with Crippen molar-refractivity contribution < 1.29 is 23.8 Å². The quantitative estimate of drug-likeness (QED) is 0.327. The standard InChI is InChI=1S/C16H35O5P/c1-3-5-7-9-12-20-15-16(11-14-22(17,18)19)21-13-10-8-6-4-2/h16H,3-15H2,1-2H3,(H2,17,18,19)/t16-/m1/s1. The molecule has 0 aromatic heterocycles. The van der Waals surface area contributed by atoms with Gasteiger partial charge < -0.3 is 19.3 Å². The predicted molar refractivity (Wildman–Crippen MR) is 90.4 cm³/mol. The van der Waals surface area contributed by atoms with E-state index in [2.05, 4.69) is 13.8 Å². The molecule has 0 rings (SSSR count). The maximum Gasteiger partial charge on any atom is 0.325 e. The van der Waals surface area contributed by atoms with E-state index in [9.17, 15) is 4.57 Å². The first kappa shape index (κ1) is 22.1. The van der Waals surface area contributed by atoms with Gasteiger partial charge in [0.05, 0.1) is 18.9 Å². The van der Waals surface area contributed by atoms with Crippen molar-refractivity contribution in [2.24, 2.45) is 0 Å². The Balaban J connectivity index is 3.87. The van der Waals surface area contributed by atoms with Crippen molar-refractivity contribution in [2.45, 2.75) is 77.7 Å². The minimum Gasteiger partial charge on any atom is -0.379 e. The van der Waals surface area contributed by atoms with Crippen molar-refractivity contribution >= 4 is 7.60 Å². The Kier molecular flexibility index (Phi) is 14.7. The van der Waals surface area contributed by atoms with Crippen LogP contribution in [0, 0.1) is 0 Å². The number of hydrogen-bond acceptors (Lipinski definition) is 3. The summed E-state index contributed by atoms with van der Waals surface area (Å²) in [6.45, 7) is 6.11. The molecule has 1 atom stereocenters. The van der Waals surface area contributed by atoms with Gasteiger partial charge in [0.2, 0.25) is 0 Å². The van der Waals surface area contributed by atoms with Crippen molar-refractivity contribution in [2.75, 3.05) is 26.0 Å². The zero-order valence-electron chi connectivity index (χ0n) is 14.3. The van der Waals surface area contributed by atoms with E-state index in [1.54, 1.807) is 0 Å². The third kappa shape index (κ3) is 16.4. The van der Waals surface area contributed by atoms with Gasteiger partial charge in [-0.2, -0.15) is 0 Å². The molecular formula is C16H35O5P. The van der Waals surface area contributed by atoms with E-state index in [1.807, 2.05) is 0 Å². The molecule has 0 saturated carbocycles. The van der Waals surface area contributed by atoms with Gasteiger partial charge >= 0.3 is 7.60 Å². The molecule has 22 heavy (non-hydrogen) atoms. The molecule has 0 aromatic carbocycles. The Morgan fingerprint density at radius 2 is 1.50 bits per heavy atom. The van der Waals surface area contributed by atoms with Gasteiger partial charge in [-0.25, -0.2) is 0 Å². The highest BCUT2D eigenvalue weighted by molar-refractivity contribution is 7.51. The fraction of sp³-hybridized carbons (Fsp3) is 1.00. The lowest BCUT2D eigenvalue weighted by Gasteiger charge is -2.18. The second-order valence-electron chi connectivity index (χ2n) is 5.87. The first-order chi connectivity index (χ1) is 10.5. The van der Waals surface area contributed by atoms with Crippen molar-refractivity contribution in [3.05, 3.63) is 0 Å². The van der Waals surface area contributed by atoms with Gasteiger partial charge in [-0.15, -0.1) is 0 Å². The van der Waals surface area contributed by atoms with Crippen LogP contribution in [0.25, 0.3) is 0 Å². The molecule has 0 unspecified atom stereocenters. The average Bonchev–Trinajstić information content (AvgIpc) is 2.46. The number of ether oxygens (including phenoxy) is 2. The Hall–Kier alpha value is 0.0700. The number of unbranched alkanes of at least 4 members (excludes halogenated alkanes) is 6. The Morgan fingerprint density at radius 1 is 0.909 bits per heavy atom. The molecule has 0 aliphatic carbocycles. The fourth-order valence-electron chi connectivity index (χ4n) is 2.15. The third-order valence-electron chi connectivity index (χ3n) is 3.54. The van der Waals surface area contributed by atoms with Gasteiger partial charge in [-0.1, -0.05) is 52.4 Å². The van der Waals surface area contributed by atoms with E-state index in [1.165, 1.54) is 32.1 Å². The largest absolute Gasteiger partial charge is 0.379 e. The van der Waals surface area contributed by atoms with Crippen LogP contribution < -0.4 is 0 Å². The van der Waals surface area contributed by atoms with Crippen LogP contribution in [0.3, 0.4) is 0 Å². The van der Waals surface area contributed by atoms with E-state index in [0.29, 0.717) is 26.2 Å². The van der Waals surface area contributed by atoms with E-state index >= 15 is 0 Å². The summed E-state index contributed by atoms with van der Waals surface area (Å²) in [5.41, 5.74) is 0. The summed E-state index contributed by atoms with van der Waals surface area (Å²) < 4.78 is 22.3. The summed E-state index contributed by atoms with van der Waals surface area (Å²) in [5, 5.41) is 0. The minimum atomic E-state index is -3.96. The molecule has 134 valence electrons. The second-order valence-corrected chi connectivity index (χ2v) is 7.64. The molecule has 5 nitrogen and oxygen atoms in total. The summed E-state index contributed by atoms with van der Waals surface area (Å²) in [6.07, 6.45) is 9.16. The Morgan fingerprint density at radius 3 is 2.05 bits per heavy atom. The molecule has 0 aliphatic heterocycles. The Bertz CT molecular complexity index is 280. The van der Waals surface area contributed by atoms with Gasteiger partial charge in [0, 0.05) is 13.2 Å². The van der Waals surface area contributed by atoms with Crippen LogP contribution in [0.5, 0.6) is 0 Å². The summed E-state index contributed by atoms with van der Waals surface area (Å²) in [7, 11) is -3.96. The fourth-order valence-corrected chi connectivity index (χ4v) is 2.78. The van der Waals surface area contributed by atoms with Crippen molar-refractivity contribution in [3.63, 3.8) is 0 Å². The average molecular weight is 338 g/mol. The summed E-state index contributed by atoms with van der Waals surface area (Å²) in [4.78, 5) is 18.0.